The summed E-state index contributed by atoms with van der Waals surface area (Å²) in [5.74, 6) is 0. The lowest BCUT2D eigenvalue weighted by Crippen LogP contribution is -2.24. The van der Waals surface area contributed by atoms with Crippen LogP contribution in [0.2, 0.25) is 6.04 Å². The first-order chi connectivity index (χ1) is 5.92. The molecule has 2 nitrogen and oxygen atoms in total. The van der Waals surface area contributed by atoms with E-state index in [1.807, 2.05) is 7.11 Å². The van der Waals surface area contributed by atoms with Gasteiger partial charge in [-0.15, -0.1) is 0 Å². The third-order valence-electron chi connectivity index (χ3n) is 2.73. The minimum absolute atomic E-state index is 0.713. The van der Waals surface area contributed by atoms with Crippen molar-refractivity contribution in [3.05, 3.63) is 24.5 Å². The fourth-order valence-corrected chi connectivity index (χ4v) is 4.85. The molecule has 3 heteroatoms. The highest BCUT2D eigenvalue weighted by Gasteiger charge is 2.29. The Labute approximate surface area is 74.9 Å². The molecule has 1 aromatic heterocycles. The molecule has 1 aliphatic heterocycles. The predicted molar refractivity (Wildman–Crippen MR) is 51.7 cm³/mol. The van der Waals surface area contributed by atoms with E-state index in [0.717, 1.165) is 0 Å². The number of aromatic nitrogens is 1. The molecule has 1 fully saturated rings. The molecule has 66 valence electrons. The van der Waals surface area contributed by atoms with Gasteiger partial charge in [0.2, 0.25) is 0 Å². The van der Waals surface area contributed by atoms with Crippen molar-refractivity contribution in [1.82, 2.24) is 4.57 Å². The average molecular weight is 181 g/mol. The Morgan fingerprint density at radius 2 is 2.17 bits per heavy atom. The third-order valence-corrected chi connectivity index (χ3v) is 5.85. The van der Waals surface area contributed by atoms with Crippen LogP contribution in [0.5, 0.6) is 0 Å². The Bertz CT molecular complexity index is 235. The van der Waals surface area contributed by atoms with Crippen LogP contribution < -0.4 is 0 Å². The molecule has 0 aliphatic carbocycles. The summed E-state index contributed by atoms with van der Waals surface area (Å²) in [5.41, 5.74) is 0.713. The molecule has 2 heterocycles. The van der Waals surface area contributed by atoms with E-state index in [9.17, 15) is 0 Å². The normalized spacial score (nSPS) is 29.4. The minimum Gasteiger partial charge on any atom is -0.421 e. The van der Waals surface area contributed by atoms with E-state index >= 15 is 0 Å². The van der Waals surface area contributed by atoms with Crippen molar-refractivity contribution in [3.8, 4) is 0 Å². The summed E-state index contributed by atoms with van der Waals surface area (Å²) in [6.45, 7) is 0. The standard InChI is InChI=1S/C9H15NOSi/c1-11-12-8-4-5-9(12)10-6-2-3-7-10/h2-3,6-7,9,12H,4-5,8H2,1H3. The van der Waals surface area contributed by atoms with Crippen LogP contribution in [0.3, 0.4) is 0 Å². The molecule has 0 radical (unpaired) electrons. The van der Waals surface area contributed by atoms with Crippen molar-refractivity contribution in [2.45, 2.75) is 24.6 Å². The van der Waals surface area contributed by atoms with Gasteiger partial charge in [-0.25, -0.2) is 0 Å². The number of hydrogen-bond acceptors (Lipinski definition) is 1. The lowest BCUT2D eigenvalue weighted by molar-refractivity contribution is 0.401. The van der Waals surface area contributed by atoms with Gasteiger partial charge in [0.05, 0.1) is 0 Å². The fourth-order valence-electron chi connectivity index (χ4n) is 2.09. The van der Waals surface area contributed by atoms with Gasteiger partial charge in [0, 0.05) is 25.2 Å². The molecule has 2 rings (SSSR count). The van der Waals surface area contributed by atoms with Crippen LogP contribution in [0.1, 0.15) is 18.5 Å². The lowest BCUT2D eigenvalue weighted by atomic mass is 10.3. The maximum Gasteiger partial charge on any atom is 0.198 e. The third kappa shape index (κ3) is 1.34. The fraction of sp³-hybridized carbons (Fsp3) is 0.556. The summed E-state index contributed by atoms with van der Waals surface area (Å²) >= 11 is 0. The molecule has 0 N–H and O–H groups in total. The zero-order chi connectivity index (χ0) is 8.39. The van der Waals surface area contributed by atoms with Gasteiger partial charge in [0.25, 0.3) is 0 Å². The maximum atomic E-state index is 5.57. The van der Waals surface area contributed by atoms with Gasteiger partial charge >= 0.3 is 0 Å². The SMILES string of the molecule is CO[SiH]1CCCC1n1cccc1. The zero-order valence-electron chi connectivity index (χ0n) is 7.44. The van der Waals surface area contributed by atoms with Gasteiger partial charge in [-0.3, -0.25) is 0 Å². The maximum absolute atomic E-state index is 5.57. The highest BCUT2D eigenvalue weighted by molar-refractivity contribution is 6.53. The summed E-state index contributed by atoms with van der Waals surface area (Å²) in [6, 6.07) is 5.54. The summed E-state index contributed by atoms with van der Waals surface area (Å²) in [7, 11) is 0.969. The van der Waals surface area contributed by atoms with Crippen LogP contribution >= 0.6 is 0 Å². The van der Waals surface area contributed by atoms with Crippen molar-refractivity contribution in [1.29, 1.82) is 0 Å². The Morgan fingerprint density at radius 1 is 1.42 bits per heavy atom. The summed E-state index contributed by atoms with van der Waals surface area (Å²) < 4.78 is 7.89. The number of hydrogen-bond donors (Lipinski definition) is 0. The topological polar surface area (TPSA) is 14.2 Å². The predicted octanol–water partition coefficient (Wildman–Crippen LogP) is 1.73. The van der Waals surface area contributed by atoms with Gasteiger partial charge in [0.1, 0.15) is 0 Å². The second-order valence-corrected chi connectivity index (χ2v) is 6.30. The first kappa shape index (κ1) is 8.07. The van der Waals surface area contributed by atoms with Crippen LogP contribution in [-0.2, 0) is 4.43 Å². The van der Waals surface area contributed by atoms with Gasteiger partial charge in [-0.1, -0.05) is 6.42 Å². The second-order valence-electron chi connectivity index (χ2n) is 3.40. The largest absolute Gasteiger partial charge is 0.421 e. The Balaban J connectivity index is 2.13. The Morgan fingerprint density at radius 3 is 2.83 bits per heavy atom. The van der Waals surface area contributed by atoms with Gasteiger partial charge in [-0.2, -0.15) is 0 Å². The first-order valence-corrected chi connectivity index (χ1v) is 6.52. The van der Waals surface area contributed by atoms with E-state index in [1.165, 1.54) is 18.9 Å². The van der Waals surface area contributed by atoms with E-state index < -0.39 is 9.04 Å². The second kappa shape index (κ2) is 3.45. The molecule has 1 aromatic rings. The van der Waals surface area contributed by atoms with Crippen molar-refractivity contribution >= 4 is 9.04 Å². The molecule has 1 aliphatic rings. The van der Waals surface area contributed by atoms with Crippen molar-refractivity contribution in [2.24, 2.45) is 0 Å². The molecule has 2 unspecified atom stereocenters. The smallest absolute Gasteiger partial charge is 0.198 e. The van der Waals surface area contributed by atoms with Crippen LogP contribution in [0.15, 0.2) is 24.5 Å². The minimum atomic E-state index is -0.905. The first-order valence-electron chi connectivity index (χ1n) is 4.57. The highest BCUT2D eigenvalue weighted by Crippen LogP contribution is 2.29. The van der Waals surface area contributed by atoms with Crippen LogP contribution in [-0.4, -0.2) is 20.7 Å². The molecule has 0 saturated carbocycles. The Kier molecular flexibility index (Phi) is 2.32. The van der Waals surface area contributed by atoms with E-state index in [4.69, 9.17) is 4.43 Å². The molecule has 1 saturated heterocycles. The molecule has 0 aromatic carbocycles. The average Bonchev–Trinajstić information content (AvgIpc) is 2.74. The molecular formula is C9H15NOSi. The lowest BCUT2D eigenvalue weighted by Gasteiger charge is -2.17. The van der Waals surface area contributed by atoms with Crippen LogP contribution in [0.4, 0.5) is 0 Å². The van der Waals surface area contributed by atoms with Gasteiger partial charge < -0.3 is 8.99 Å². The Hall–Kier alpha value is -0.543. The monoisotopic (exact) mass is 181 g/mol. The molecule has 0 spiro atoms. The van der Waals surface area contributed by atoms with E-state index in [-0.39, 0.29) is 0 Å². The van der Waals surface area contributed by atoms with Crippen molar-refractivity contribution in [3.63, 3.8) is 0 Å². The quantitative estimate of drug-likeness (QED) is 0.634. The van der Waals surface area contributed by atoms with Crippen molar-refractivity contribution in [2.75, 3.05) is 7.11 Å². The van der Waals surface area contributed by atoms with E-state index in [0.29, 0.717) is 5.67 Å². The zero-order valence-corrected chi connectivity index (χ0v) is 8.60. The molecule has 2 atom stereocenters. The van der Waals surface area contributed by atoms with Gasteiger partial charge in [-0.05, 0) is 24.6 Å². The van der Waals surface area contributed by atoms with E-state index in [1.54, 1.807) is 0 Å². The summed E-state index contributed by atoms with van der Waals surface area (Å²) in [5, 5.41) is 0. The van der Waals surface area contributed by atoms with Crippen LogP contribution in [0, 0.1) is 0 Å². The number of rotatable bonds is 2. The summed E-state index contributed by atoms with van der Waals surface area (Å²) in [6.07, 6.45) is 7.00. The molecular weight excluding hydrogens is 166 g/mol. The van der Waals surface area contributed by atoms with Crippen molar-refractivity contribution < 1.29 is 4.43 Å². The molecule has 0 amide bonds. The summed E-state index contributed by atoms with van der Waals surface area (Å²) in [4.78, 5) is 0. The molecule has 12 heavy (non-hydrogen) atoms. The highest BCUT2D eigenvalue weighted by atomic mass is 28.3. The van der Waals surface area contributed by atoms with Gasteiger partial charge in [0.15, 0.2) is 9.04 Å². The van der Waals surface area contributed by atoms with Crippen LogP contribution in [0.25, 0.3) is 0 Å². The number of nitrogens with zero attached hydrogens (tertiary/aromatic N) is 1. The van der Waals surface area contributed by atoms with E-state index in [2.05, 4.69) is 29.1 Å². The molecule has 0 bridgehead atoms.